The van der Waals surface area contributed by atoms with E-state index in [9.17, 15) is 14.7 Å². The van der Waals surface area contributed by atoms with Gasteiger partial charge in [0.1, 0.15) is 11.6 Å². The van der Waals surface area contributed by atoms with Gasteiger partial charge in [0, 0.05) is 6.20 Å². The molecule has 3 rings (SSSR count). The third-order valence-electron chi connectivity index (χ3n) is 4.13. The molecule has 0 saturated heterocycles. The predicted molar refractivity (Wildman–Crippen MR) is 112 cm³/mol. The van der Waals surface area contributed by atoms with Crippen molar-refractivity contribution in [2.45, 2.75) is 6.42 Å². The van der Waals surface area contributed by atoms with E-state index in [1.54, 1.807) is 42.5 Å². The first-order chi connectivity index (χ1) is 14.0. The molecule has 0 aliphatic rings. The molecule has 0 unspecified atom stereocenters. The molecule has 3 aromatic rings. The first-order valence-electron chi connectivity index (χ1n) is 8.83. The van der Waals surface area contributed by atoms with Gasteiger partial charge in [0.15, 0.2) is 0 Å². The quantitative estimate of drug-likeness (QED) is 0.496. The maximum absolute atomic E-state index is 12.6. The smallest absolute Gasteiger partial charge is 0.259 e. The van der Waals surface area contributed by atoms with Gasteiger partial charge < -0.3 is 21.5 Å². The zero-order valence-electron chi connectivity index (χ0n) is 15.4. The molecule has 0 spiro atoms. The van der Waals surface area contributed by atoms with E-state index in [1.165, 1.54) is 18.3 Å². The second kappa shape index (κ2) is 9.18. The van der Waals surface area contributed by atoms with Gasteiger partial charge in [-0.05, 0) is 54.9 Å². The second-order valence-electron chi connectivity index (χ2n) is 6.21. The molecule has 8 heteroatoms. The van der Waals surface area contributed by atoms with Crippen LogP contribution in [0.3, 0.4) is 0 Å². The van der Waals surface area contributed by atoms with Crippen LogP contribution in [-0.4, -0.2) is 28.4 Å². The van der Waals surface area contributed by atoms with Crippen molar-refractivity contribution in [1.82, 2.24) is 4.98 Å². The highest BCUT2D eigenvalue weighted by Crippen LogP contribution is 2.23. The molecule has 7 nitrogen and oxygen atoms in total. The van der Waals surface area contributed by atoms with Crippen molar-refractivity contribution in [1.29, 1.82) is 0 Å². The number of pyridine rings is 1. The van der Waals surface area contributed by atoms with Gasteiger partial charge in [0.2, 0.25) is 0 Å². The lowest BCUT2D eigenvalue weighted by Crippen LogP contribution is -2.18. The Labute approximate surface area is 172 Å². The van der Waals surface area contributed by atoms with E-state index in [1.807, 2.05) is 0 Å². The fraction of sp³-hybridized carbons (Fsp3) is 0.0952. The number of anilines is 2. The summed E-state index contributed by atoms with van der Waals surface area (Å²) >= 11 is 5.80. The second-order valence-corrected chi connectivity index (χ2v) is 6.64. The van der Waals surface area contributed by atoms with Crippen molar-refractivity contribution < 1.29 is 14.7 Å². The number of carbonyl (C=O) groups is 2. The van der Waals surface area contributed by atoms with Crippen LogP contribution in [0.25, 0.3) is 0 Å². The van der Waals surface area contributed by atoms with Gasteiger partial charge in [-0.25, -0.2) is 4.98 Å². The Kier molecular flexibility index (Phi) is 6.43. The number of phenolic OH excluding ortho intramolecular Hbond substituents is 1. The number of halogens is 1. The number of nitrogens with zero attached hydrogens (tertiary/aromatic N) is 1. The Morgan fingerprint density at radius 1 is 1.00 bits per heavy atom. The Morgan fingerprint density at radius 2 is 1.76 bits per heavy atom. The summed E-state index contributed by atoms with van der Waals surface area (Å²) in [6.07, 6.45) is 2.01. The zero-order chi connectivity index (χ0) is 20.8. The lowest BCUT2D eigenvalue weighted by Gasteiger charge is -2.12. The lowest BCUT2D eigenvalue weighted by atomic mass is 10.1. The van der Waals surface area contributed by atoms with Crippen molar-refractivity contribution in [2.75, 3.05) is 17.2 Å². The van der Waals surface area contributed by atoms with Gasteiger partial charge in [-0.1, -0.05) is 29.8 Å². The van der Waals surface area contributed by atoms with Crippen molar-refractivity contribution >= 4 is 34.9 Å². The van der Waals surface area contributed by atoms with E-state index in [0.29, 0.717) is 29.5 Å². The van der Waals surface area contributed by atoms with Crippen LogP contribution in [0.5, 0.6) is 5.75 Å². The number of nitrogens with two attached hydrogens (primary N) is 1. The summed E-state index contributed by atoms with van der Waals surface area (Å²) in [5.41, 5.74) is 6.98. The van der Waals surface area contributed by atoms with Crippen LogP contribution in [0.2, 0.25) is 5.02 Å². The van der Waals surface area contributed by atoms with Gasteiger partial charge in [0.05, 0.1) is 21.8 Å². The molecule has 1 heterocycles. The van der Waals surface area contributed by atoms with Crippen LogP contribution in [0.4, 0.5) is 11.5 Å². The van der Waals surface area contributed by atoms with Gasteiger partial charge in [-0.3, -0.25) is 9.59 Å². The molecule has 2 aromatic carbocycles. The summed E-state index contributed by atoms with van der Waals surface area (Å²) < 4.78 is 0. The van der Waals surface area contributed by atoms with E-state index in [0.717, 1.165) is 5.56 Å². The van der Waals surface area contributed by atoms with Crippen molar-refractivity contribution in [3.63, 3.8) is 0 Å². The lowest BCUT2D eigenvalue weighted by molar-refractivity contribution is 0.102. The van der Waals surface area contributed by atoms with Crippen LogP contribution >= 0.6 is 11.6 Å². The van der Waals surface area contributed by atoms with Gasteiger partial charge in [-0.15, -0.1) is 0 Å². The third kappa shape index (κ3) is 5.10. The minimum atomic E-state index is -0.535. The fourth-order valence-corrected chi connectivity index (χ4v) is 2.82. The number of nitrogens with one attached hydrogen (secondary N) is 2. The number of hydrogen-bond acceptors (Lipinski definition) is 5. The summed E-state index contributed by atoms with van der Waals surface area (Å²) in [5, 5.41) is 15.9. The van der Waals surface area contributed by atoms with Crippen LogP contribution in [0.1, 0.15) is 26.3 Å². The number of hydrogen-bond donors (Lipinski definition) is 4. The minimum Gasteiger partial charge on any atom is -0.507 e. The summed E-state index contributed by atoms with van der Waals surface area (Å²) in [5.74, 6) is -0.806. The maximum Gasteiger partial charge on any atom is 0.259 e. The molecule has 148 valence electrons. The Morgan fingerprint density at radius 3 is 2.45 bits per heavy atom. The van der Waals surface area contributed by atoms with Crippen LogP contribution < -0.4 is 16.4 Å². The molecule has 0 aliphatic heterocycles. The summed E-state index contributed by atoms with van der Waals surface area (Å²) in [6.45, 7) is 0.440. The first kappa shape index (κ1) is 20.3. The highest BCUT2D eigenvalue weighted by atomic mass is 35.5. The van der Waals surface area contributed by atoms with Crippen LogP contribution in [0, 0.1) is 0 Å². The number of aromatic nitrogens is 1. The van der Waals surface area contributed by atoms with Gasteiger partial charge in [0.25, 0.3) is 11.8 Å². The topological polar surface area (TPSA) is 117 Å². The molecule has 0 aliphatic carbocycles. The van der Waals surface area contributed by atoms with Crippen LogP contribution in [-0.2, 0) is 6.42 Å². The summed E-state index contributed by atoms with van der Waals surface area (Å²) in [6, 6.07) is 14.5. The van der Waals surface area contributed by atoms with E-state index in [2.05, 4.69) is 15.6 Å². The zero-order valence-corrected chi connectivity index (χ0v) is 16.1. The standard InChI is InChI=1S/C21H19ClN4O3/c22-14-6-8-19(24-12-14)26-20(28)15-3-1-2-4-17(15)25-21(29)16-7-5-13(9-10-23)11-18(16)27/h1-8,11-12,27H,9-10,23H2,(H,25,29)(H,24,26,28). The molecule has 0 atom stereocenters. The highest BCUT2D eigenvalue weighted by Gasteiger charge is 2.17. The van der Waals surface area contributed by atoms with E-state index >= 15 is 0 Å². The van der Waals surface area contributed by atoms with Gasteiger partial charge >= 0.3 is 0 Å². The van der Waals surface area contributed by atoms with Crippen LogP contribution in [0.15, 0.2) is 60.8 Å². The molecule has 2 amide bonds. The average molecular weight is 411 g/mol. The van der Waals surface area contributed by atoms with E-state index in [-0.39, 0.29) is 16.9 Å². The molecule has 0 bridgehead atoms. The molecule has 0 saturated carbocycles. The Balaban J connectivity index is 1.79. The number of carbonyl (C=O) groups excluding carboxylic acids is 2. The number of benzene rings is 2. The molecule has 0 fully saturated rings. The third-order valence-corrected chi connectivity index (χ3v) is 4.35. The average Bonchev–Trinajstić information content (AvgIpc) is 2.70. The van der Waals surface area contributed by atoms with E-state index < -0.39 is 11.8 Å². The summed E-state index contributed by atoms with van der Waals surface area (Å²) in [4.78, 5) is 29.3. The monoisotopic (exact) mass is 410 g/mol. The predicted octanol–water partition coefficient (Wildman–Crippen LogP) is 3.45. The summed E-state index contributed by atoms with van der Waals surface area (Å²) in [7, 11) is 0. The fourth-order valence-electron chi connectivity index (χ4n) is 2.70. The number of amides is 2. The normalized spacial score (nSPS) is 10.4. The number of phenols is 1. The molecular weight excluding hydrogens is 392 g/mol. The molecular formula is C21H19ClN4O3. The number of rotatable bonds is 6. The molecule has 29 heavy (non-hydrogen) atoms. The Hall–Kier alpha value is -3.42. The first-order valence-corrected chi connectivity index (χ1v) is 9.21. The van der Waals surface area contributed by atoms with E-state index in [4.69, 9.17) is 17.3 Å². The minimum absolute atomic E-state index is 0.0975. The SMILES string of the molecule is NCCc1ccc(C(=O)Nc2ccccc2C(=O)Nc2ccc(Cl)cn2)c(O)c1. The molecule has 5 N–H and O–H groups in total. The van der Waals surface area contributed by atoms with Crippen molar-refractivity contribution in [3.8, 4) is 5.75 Å². The maximum atomic E-state index is 12.6. The largest absolute Gasteiger partial charge is 0.507 e. The highest BCUT2D eigenvalue weighted by molar-refractivity contribution is 6.30. The van der Waals surface area contributed by atoms with Gasteiger partial charge in [-0.2, -0.15) is 0 Å². The Bertz CT molecular complexity index is 1040. The number of aromatic hydroxyl groups is 1. The number of para-hydroxylation sites is 1. The molecule has 0 radical (unpaired) electrons. The van der Waals surface area contributed by atoms with Crippen molar-refractivity contribution in [3.05, 3.63) is 82.5 Å². The molecule has 1 aromatic heterocycles. The van der Waals surface area contributed by atoms with Crippen molar-refractivity contribution in [2.24, 2.45) is 5.73 Å².